The molecule has 0 bridgehead atoms. The van der Waals surface area contributed by atoms with Crippen molar-refractivity contribution in [2.75, 3.05) is 19.0 Å². The number of hydrogen-bond acceptors (Lipinski definition) is 6. The van der Waals surface area contributed by atoms with Crippen LogP contribution in [0.4, 0.5) is 5.82 Å². The smallest absolute Gasteiger partial charge is 0.262 e. The second kappa shape index (κ2) is 5.56. The van der Waals surface area contributed by atoms with Crippen molar-refractivity contribution < 1.29 is 8.42 Å². The number of thiazole rings is 1. The number of nitrogens with zero attached hydrogens (tertiary/aromatic N) is 3. The number of rotatable bonds is 5. The Hall–Kier alpha value is -1.16. The Morgan fingerprint density at radius 3 is 2.90 bits per heavy atom. The number of hydrazine groups is 1. The number of hydrogen-bond donors (Lipinski definition) is 2. The Kier molecular flexibility index (Phi) is 3.91. The molecule has 0 spiro atoms. The molecular weight excluding hydrogens is 310 g/mol. The van der Waals surface area contributed by atoms with Gasteiger partial charge >= 0.3 is 0 Å². The van der Waals surface area contributed by atoms with Gasteiger partial charge in [0.2, 0.25) is 5.03 Å². The van der Waals surface area contributed by atoms with E-state index in [2.05, 4.69) is 10.4 Å². The Morgan fingerprint density at radius 2 is 2.24 bits per heavy atom. The van der Waals surface area contributed by atoms with Crippen LogP contribution in [0.15, 0.2) is 16.6 Å². The molecule has 1 fully saturated rings. The zero-order valence-electron chi connectivity index (χ0n) is 11.8. The molecule has 0 saturated heterocycles. The molecule has 1 aliphatic carbocycles. The van der Waals surface area contributed by atoms with Crippen LogP contribution in [0.1, 0.15) is 25.7 Å². The topological polar surface area (TPSA) is 92.7 Å². The molecule has 0 aromatic carbocycles. The van der Waals surface area contributed by atoms with Gasteiger partial charge in [-0.1, -0.05) is 12.8 Å². The van der Waals surface area contributed by atoms with E-state index < -0.39 is 10.0 Å². The lowest BCUT2D eigenvalue weighted by molar-refractivity contribution is 0.386. The number of nitrogens with two attached hydrogens (primary N) is 1. The quantitative estimate of drug-likeness (QED) is 0.640. The average Bonchev–Trinajstić information content (AvgIpc) is 3.13. The van der Waals surface area contributed by atoms with E-state index in [1.54, 1.807) is 23.0 Å². The minimum Gasteiger partial charge on any atom is -0.306 e. The highest BCUT2D eigenvalue weighted by molar-refractivity contribution is 7.89. The summed E-state index contributed by atoms with van der Waals surface area (Å²) in [6, 6.07) is 0. The second-order valence-corrected chi connectivity index (χ2v) is 8.23. The van der Waals surface area contributed by atoms with Crippen molar-refractivity contribution in [1.29, 1.82) is 0 Å². The first-order valence-electron chi connectivity index (χ1n) is 6.92. The number of imidazole rings is 1. The SMILES string of the molecule is CN(CC1CCCC1)S(=O)(=O)c1c(NN)nc2sccn12. The van der Waals surface area contributed by atoms with E-state index in [9.17, 15) is 8.42 Å². The highest BCUT2D eigenvalue weighted by Crippen LogP contribution is 2.30. The molecule has 1 aliphatic rings. The maximum absolute atomic E-state index is 12.8. The van der Waals surface area contributed by atoms with Crippen molar-refractivity contribution in [2.24, 2.45) is 11.8 Å². The summed E-state index contributed by atoms with van der Waals surface area (Å²) in [5, 5.41) is 1.92. The van der Waals surface area contributed by atoms with Crippen molar-refractivity contribution in [3.05, 3.63) is 11.6 Å². The van der Waals surface area contributed by atoms with Gasteiger partial charge in [0.1, 0.15) is 0 Å². The summed E-state index contributed by atoms with van der Waals surface area (Å²) in [5.41, 5.74) is 2.39. The summed E-state index contributed by atoms with van der Waals surface area (Å²) < 4.78 is 28.7. The maximum atomic E-state index is 12.8. The molecule has 0 aliphatic heterocycles. The van der Waals surface area contributed by atoms with Gasteiger partial charge in [0.15, 0.2) is 10.8 Å². The fourth-order valence-electron chi connectivity index (χ4n) is 2.91. The zero-order valence-corrected chi connectivity index (χ0v) is 13.5. The van der Waals surface area contributed by atoms with E-state index in [4.69, 9.17) is 5.84 Å². The number of sulfonamides is 1. The number of nitrogen functional groups attached to an aromatic ring is 1. The number of anilines is 1. The van der Waals surface area contributed by atoms with Gasteiger partial charge in [0.05, 0.1) is 0 Å². The normalized spacial score (nSPS) is 17.1. The molecular formula is C12H19N5O2S2. The van der Waals surface area contributed by atoms with Gasteiger partial charge in [0.25, 0.3) is 10.0 Å². The van der Waals surface area contributed by atoms with Crippen LogP contribution in [0.3, 0.4) is 0 Å². The van der Waals surface area contributed by atoms with Crippen LogP contribution in [-0.2, 0) is 10.0 Å². The van der Waals surface area contributed by atoms with Crippen LogP contribution in [0.5, 0.6) is 0 Å². The lowest BCUT2D eigenvalue weighted by Crippen LogP contribution is -2.32. The first-order chi connectivity index (χ1) is 10.0. The van der Waals surface area contributed by atoms with E-state index in [1.165, 1.54) is 28.5 Å². The molecule has 2 aromatic heterocycles. The van der Waals surface area contributed by atoms with Gasteiger partial charge in [0, 0.05) is 25.2 Å². The molecule has 0 unspecified atom stereocenters. The number of nitrogens with one attached hydrogen (secondary N) is 1. The van der Waals surface area contributed by atoms with Crippen molar-refractivity contribution >= 4 is 32.1 Å². The summed E-state index contributed by atoms with van der Waals surface area (Å²) in [5.74, 6) is 6.07. The molecule has 1 saturated carbocycles. The minimum atomic E-state index is -3.62. The highest BCUT2D eigenvalue weighted by atomic mass is 32.2. The van der Waals surface area contributed by atoms with Crippen LogP contribution < -0.4 is 11.3 Å². The Morgan fingerprint density at radius 1 is 1.52 bits per heavy atom. The van der Waals surface area contributed by atoms with E-state index in [0.29, 0.717) is 17.4 Å². The second-order valence-electron chi connectivity index (χ2n) is 5.40. The summed E-state index contributed by atoms with van der Waals surface area (Å²) in [6.45, 7) is 0.545. The van der Waals surface area contributed by atoms with E-state index in [1.807, 2.05) is 0 Å². The molecule has 7 nitrogen and oxygen atoms in total. The largest absolute Gasteiger partial charge is 0.306 e. The van der Waals surface area contributed by atoms with Gasteiger partial charge in [-0.2, -0.15) is 9.29 Å². The molecule has 3 rings (SSSR count). The fraction of sp³-hybridized carbons (Fsp3) is 0.583. The van der Waals surface area contributed by atoms with Gasteiger partial charge < -0.3 is 5.43 Å². The van der Waals surface area contributed by atoms with Gasteiger partial charge in [-0.15, -0.1) is 11.3 Å². The molecule has 2 aromatic rings. The lowest BCUT2D eigenvalue weighted by atomic mass is 10.1. The van der Waals surface area contributed by atoms with Crippen LogP contribution >= 0.6 is 11.3 Å². The first-order valence-corrected chi connectivity index (χ1v) is 9.24. The van der Waals surface area contributed by atoms with Gasteiger partial charge in [-0.25, -0.2) is 14.3 Å². The number of fused-ring (bicyclic) bond motifs is 1. The van der Waals surface area contributed by atoms with E-state index in [-0.39, 0.29) is 10.8 Å². The molecule has 0 atom stereocenters. The summed E-state index contributed by atoms with van der Waals surface area (Å²) in [4.78, 5) is 4.82. The summed E-state index contributed by atoms with van der Waals surface area (Å²) >= 11 is 1.37. The maximum Gasteiger partial charge on any atom is 0.262 e. The van der Waals surface area contributed by atoms with E-state index in [0.717, 1.165) is 12.8 Å². The van der Waals surface area contributed by atoms with E-state index >= 15 is 0 Å². The Bertz CT molecular complexity index is 730. The Balaban J connectivity index is 1.96. The van der Waals surface area contributed by atoms with Crippen LogP contribution in [0.2, 0.25) is 0 Å². The van der Waals surface area contributed by atoms with Crippen molar-refractivity contribution in [1.82, 2.24) is 13.7 Å². The monoisotopic (exact) mass is 329 g/mol. The predicted molar refractivity (Wildman–Crippen MR) is 82.7 cm³/mol. The van der Waals surface area contributed by atoms with Gasteiger partial charge in [-0.3, -0.25) is 4.40 Å². The Labute approximate surface area is 127 Å². The summed E-state index contributed by atoms with van der Waals surface area (Å²) in [7, 11) is -2.00. The summed E-state index contributed by atoms with van der Waals surface area (Å²) in [6.07, 6.45) is 6.28. The average molecular weight is 329 g/mol. The molecule has 0 amide bonds. The number of aromatic nitrogens is 2. The van der Waals surface area contributed by atoms with Gasteiger partial charge in [-0.05, 0) is 18.8 Å². The predicted octanol–water partition coefficient (Wildman–Crippen LogP) is 1.49. The van der Waals surface area contributed by atoms with Crippen LogP contribution in [0.25, 0.3) is 4.96 Å². The molecule has 2 heterocycles. The van der Waals surface area contributed by atoms with Crippen molar-refractivity contribution in [3.8, 4) is 0 Å². The molecule has 9 heteroatoms. The van der Waals surface area contributed by atoms with Crippen LogP contribution in [-0.4, -0.2) is 35.7 Å². The molecule has 21 heavy (non-hydrogen) atoms. The standard InChI is InChI=1S/C12H19N5O2S2/c1-16(8-9-4-2-3-5-9)21(18,19)11-10(15-13)14-12-17(11)6-7-20-12/h6-7,9,15H,2-5,8,13H2,1H3. The molecule has 0 radical (unpaired) electrons. The van der Waals surface area contributed by atoms with Crippen molar-refractivity contribution in [3.63, 3.8) is 0 Å². The third-order valence-electron chi connectivity index (χ3n) is 4.00. The van der Waals surface area contributed by atoms with Crippen LogP contribution in [0, 0.1) is 5.92 Å². The molecule has 116 valence electrons. The third-order valence-corrected chi connectivity index (χ3v) is 6.60. The first kappa shape index (κ1) is 14.8. The lowest BCUT2D eigenvalue weighted by Gasteiger charge is -2.20. The van der Waals surface area contributed by atoms with Crippen molar-refractivity contribution in [2.45, 2.75) is 30.7 Å². The minimum absolute atomic E-state index is 0.113. The zero-order chi connectivity index (χ0) is 15.0. The fourth-order valence-corrected chi connectivity index (χ4v) is 5.13. The third kappa shape index (κ3) is 2.54. The highest BCUT2D eigenvalue weighted by Gasteiger charge is 2.31. The molecule has 3 N–H and O–H groups in total.